The first kappa shape index (κ1) is 12.8. The highest BCUT2D eigenvalue weighted by Crippen LogP contribution is 2.23. The van der Waals surface area contributed by atoms with Crippen molar-refractivity contribution >= 4 is 49.6 Å². The van der Waals surface area contributed by atoms with Gasteiger partial charge in [0.1, 0.15) is 4.21 Å². The highest BCUT2D eigenvalue weighted by atomic mass is 127. The quantitative estimate of drug-likeness (QED) is 0.831. The van der Waals surface area contributed by atoms with Gasteiger partial charge in [-0.2, -0.15) is 0 Å². The van der Waals surface area contributed by atoms with E-state index in [4.69, 9.17) is 0 Å². The fourth-order valence-electron chi connectivity index (χ4n) is 1.35. The van der Waals surface area contributed by atoms with Gasteiger partial charge in [-0.3, -0.25) is 4.72 Å². The molecule has 1 aromatic heterocycles. The van der Waals surface area contributed by atoms with Gasteiger partial charge in [0.25, 0.3) is 10.0 Å². The van der Waals surface area contributed by atoms with E-state index >= 15 is 0 Å². The van der Waals surface area contributed by atoms with E-state index in [9.17, 15) is 8.42 Å². The topological polar surface area (TPSA) is 46.2 Å². The Morgan fingerprint density at radius 3 is 2.65 bits per heavy atom. The van der Waals surface area contributed by atoms with Crippen molar-refractivity contribution in [3.63, 3.8) is 0 Å². The lowest BCUT2D eigenvalue weighted by atomic mass is 10.2. The molecule has 0 bridgehead atoms. The predicted octanol–water partition coefficient (Wildman–Crippen LogP) is 3.46. The molecule has 0 unspecified atom stereocenters. The molecule has 6 heteroatoms. The molecule has 90 valence electrons. The number of nitrogens with one attached hydrogen (secondary N) is 1. The van der Waals surface area contributed by atoms with Crippen LogP contribution < -0.4 is 4.72 Å². The third kappa shape index (κ3) is 2.99. The Morgan fingerprint density at radius 1 is 1.29 bits per heavy atom. The van der Waals surface area contributed by atoms with Crippen molar-refractivity contribution in [2.45, 2.75) is 11.1 Å². The van der Waals surface area contributed by atoms with Gasteiger partial charge in [0.2, 0.25) is 0 Å². The maximum absolute atomic E-state index is 12.0. The SMILES string of the molecule is Cc1cc(I)ccc1NS(=O)(=O)c1cccs1. The Morgan fingerprint density at radius 2 is 2.06 bits per heavy atom. The lowest BCUT2D eigenvalue weighted by Crippen LogP contribution is -2.12. The number of halogens is 1. The van der Waals surface area contributed by atoms with Gasteiger partial charge in [0, 0.05) is 3.57 Å². The third-order valence-electron chi connectivity index (χ3n) is 2.19. The van der Waals surface area contributed by atoms with E-state index in [2.05, 4.69) is 27.3 Å². The second-order valence-corrected chi connectivity index (χ2v) is 7.60. The highest BCUT2D eigenvalue weighted by Gasteiger charge is 2.15. The molecule has 1 N–H and O–H groups in total. The molecule has 2 aromatic rings. The average Bonchev–Trinajstić information content (AvgIpc) is 2.76. The van der Waals surface area contributed by atoms with Crippen LogP contribution in [0.15, 0.2) is 39.9 Å². The van der Waals surface area contributed by atoms with Crippen molar-refractivity contribution in [1.82, 2.24) is 0 Å². The number of thiophene rings is 1. The normalized spacial score (nSPS) is 11.4. The summed E-state index contributed by atoms with van der Waals surface area (Å²) in [6.07, 6.45) is 0. The fourth-order valence-corrected chi connectivity index (χ4v) is 4.12. The lowest BCUT2D eigenvalue weighted by Gasteiger charge is -2.09. The second-order valence-electron chi connectivity index (χ2n) is 3.50. The number of sulfonamides is 1. The molecular weight excluding hydrogens is 369 g/mol. The van der Waals surface area contributed by atoms with Gasteiger partial charge >= 0.3 is 0 Å². The Labute approximate surface area is 118 Å². The second kappa shape index (κ2) is 4.95. The van der Waals surface area contributed by atoms with Crippen LogP contribution >= 0.6 is 33.9 Å². The summed E-state index contributed by atoms with van der Waals surface area (Å²) in [7, 11) is -3.44. The Balaban J connectivity index is 2.33. The van der Waals surface area contributed by atoms with Crippen molar-refractivity contribution < 1.29 is 8.42 Å². The molecule has 0 saturated heterocycles. The predicted molar refractivity (Wildman–Crippen MR) is 79.0 cm³/mol. The summed E-state index contributed by atoms with van der Waals surface area (Å²) >= 11 is 3.40. The van der Waals surface area contributed by atoms with E-state index < -0.39 is 10.0 Å². The van der Waals surface area contributed by atoms with Gasteiger partial charge in [-0.15, -0.1) is 11.3 Å². The summed E-state index contributed by atoms with van der Waals surface area (Å²) in [5, 5.41) is 1.75. The zero-order chi connectivity index (χ0) is 12.5. The minimum Gasteiger partial charge on any atom is -0.279 e. The van der Waals surface area contributed by atoms with Gasteiger partial charge in [-0.25, -0.2) is 8.42 Å². The van der Waals surface area contributed by atoms with Crippen molar-refractivity contribution in [1.29, 1.82) is 0 Å². The molecule has 2 rings (SSSR count). The molecule has 0 aliphatic heterocycles. The first-order chi connectivity index (χ1) is 7.99. The van der Waals surface area contributed by atoms with Crippen LogP contribution in [0, 0.1) is 10.5 Å². The zero-order valence-electron chi connectivity index (χ0n) is 8.98. The summed E-state index contributed by atoms with van der Waals surface area (Å²) in [5.41, 5.74) is 1.54. The van der Waals surface area contributed by atoms with Crippen molar-refractivity contribution in [3.8, 4) is 0 Å². The molecular formula is C11H10INO2S2. The van der Waals surface area contributed by atoms with Gasteiger partial charge in [0.15, 0.2) is 0 Å². The summed E-state index contributed by atoms with van der Waals surface area (Å²) in [6.45, 7) is 1.88. The van der Waals surface area contributed by atoms with Crippen LogP contribution in [0.2, 0.25) is 0 Å². The molecule has 0 atom stereocenters. The summed E-state index contributed by atoms with van der Waals surface area (Å²) in [6, 6.07) is 8.91. The van der Waals surface area contributed by atoms with Gasteiger partial charge in [-0.05, 0) is 64.7 Å². The first-order valence-corrected chi connectivity index (χ1v) is 8.26. The lowest BCUT2D eigenvalue weighted by molar-refractivity contribution is 0.603. The standard InChI is InChI=1S/C11H10INO2S2/c1-8-7-9(12)4-5-10(8)13-17(14,15)11-3-2-6-16-11/h2-7,13H,1H3. The number of anilines is 1. The van der Waals surface area contributed by atoms with E-state index in [1.807, 2.05) is 19.1 Å². The van der Waals surface area contributed by atoms with E-state index in [1.54, 1.807) is 23.6 Å². The van der Waals surface area contributed by atoms with Crippen molar-refractivity contribution in [3.05, 3.63) is 44.8 Å². The fraction of sp³-hybridized carbons (Fsp3) is 0.0909. The maximum Gasteiger partial charge on any atom is 0.271 e. The van der Waals surface area contributed by atoms with E-state index in [1.165, 1.54) is 11.3 Å². The molecule has 0 spiro atoms. The Bertz CT molecular complexity index is 621. The number of rotatable bonds is 3. The number of aryl methyl sites for hydroxylation is 1. The van der Waals surface area contributed by atoms with Crippen LogP contribution in [0.1, 0.15) is 5.56 Å². The number of hydrogen-bond acceptors (Lipinski definition) is 3. The molecule has 3 nitrogen and oxygen atoms in total. The Kier molecular flexibility index (Phi) is 3.74. The Hall–Kier alpha value is -0.600. The summed E-state index contributed by atoms with van der Waals surface area (Å²) in [4.78, 5) is 0. The zero-order valence-corrected chi connectivity index (χ0v) is 12.8. The van der Waals surface area contributed by atoms with Gasteiger partial charge < -0.3 is 0 Å². The molecule has 1 aromatic carbocycles. The molecule has 0 aliphatic carbocycles. The highest BCUT2D eigenvalue weighted by molar-refractivity contribution is 14.1. The van der Waals surface area contributed by atoms with Crippen LogP contribution in [0.25, 0.3) is 0 Å². The van der Waals surface area contributed by atoms with Crippen LogP contribution in [0.4, 0.5) is 5.69 Å². The average molecular weight is 379 g/mol. The molecule has 0 radical (unpaired) electrons. The van der Waals surface area contributed by atoms with E-state index in [-0.39, 0.29) is 0 Å². The third-order valence-corrected chi connectivity index (χ3v) is 5.63. The van der Waals surface area contributed by atoms with Crippen molar-refractivity contribution in [2.75, 3.05) is 4.72 Å². The summed E-state index contributed by atoms with van der Waals surface area (Å²) < 4.78 is 28.0. The summed E-state index contributed by atoms with van der Waals surface area (Å²) in [5.74, 6) is 0. The van der Waals surface area contributed by atoms with Gasteiger partial charge in [0.05, 0.1) is 5.69 Å². The molecule has 0 amide bonds. The molecule has 0 aliphatic rings. The van der Waals surface area contributed by atoms with Crippen LogP contribution in [0.5, 0.6) is 0 Å². The molecule has 0 saturated carbocycles. The minimum atomic E-state index is -3.44. The van der Waals surface area contributed by atoms with E-state index in [0.717, 1.165) is 9.13 Å². The monoisotopic (exact) mass is 379 g/mol. The minimum absolute atomic E-state index is 0.329. The molecule has 1 heterocycles. The maximum atomic E-state index is 12.0. The van der Waals surface area contributed by atoms with Gasteiger partial charge in [-0.1, -0.05) is 6.07 Å². The smallest absolute Gasteiger partial charge is 0.271 e. The van der Waals surface area contributed by atoms with Crippen LogP contribution in [-0.2, 0) is 10.0 Å². The molecule has 17 heavy (non-hydrogen) atoms. The largest absolute Gasteiger partial charge is 0.279 e. The molecule has 0 fully saturated rings. The first-order valence-electron chi connectivity index (χ1n) is 4.81. The van der Waals surface area contributed by atoms with Crippen LogP contribution in [0.3, 0.4) is 0 Å². The van der Waals surface area contributed by atoms with Crippen LogP contribution in [-0.4, -0.2) is 8.42 Å². The van der Waals surface area contributed by atoms with E-state index in [0.29, 0.717) is 9.90 Å². The number of benzene rings is 1. The van der Waals surface area contributed by atoms with Crippen molar-refractivity contribution in [2.24, 2.45) is 0 Å². The number of hydrogen-bond donors (Lipinski definition) is 1.